The maximum absolute atomic E-state index is 12.4. The van der Waals surface area contributed by atoms with E-state index in [9.17, 15) is 9.59 Å². The molecule has 0 aromatic heterocycles. The lowest BCUT2D eigenvalue weighted by Crippen LogP contribution is -2.03. The third kappa shape index (κ3) is 6.27. The molecule has 1 aliphatic heterocycles. The van der Waals surface area contributed by atoms with E-state index in [0.717, 1.165) is 56.9 Å². The van der Waals surface area contributed by atoms with E-state index in [2.05, 4.69) is 5.32 Å². The van der Waals surface area contributed by atoms with Gasteiger partial charge in [-0.2, -0.15) is 0 Å². The fourth-order valence-corrected chi connectivity index (χ4v) is 4.94. The number of hydrogen-bond donors (Lipinski definition) is 1. The number of methoxy groups -OCH3 is 2. The van der Waals surface area contributed by atoms with Crippen LogP contribution in [-0.4, -0.2) is 26.4 Å². The molecule has 208 valence electrons. The monoisotopic (exact) mass is 573 g/mol. The first-order valence-corrected chi connectivity index (χ1v) is 13.6. The van der Waals surface area contributed by atoms with Gasteiger partial charge in [0.05, 0.1) is 14.2 Å². The minimum atomic E-state index is -0.126. The molecular weight excluding hydrogens is 546 g/mol. The summed E-state index contributed by atoms with van der Waals surface area (Å²) >= 11 is 6.10. The number of halogens is 1. The molecule has 5 aromatic carbocycles. The van der Waals surface area contributed by atoms with E-state index in [-0.39, 0.29) is 5.91 Å². The maximum Gasteiger partial charge on any atom is 0.256 e. The Kier molecular flexibility index (Phi) is 8.81. The summed E-state index contributed by atoms with van der Waals surface area (Å²) in [5.41, 5.74) is 7.79. The van der Waals surface area contributed by atoms with Crippen molar-refractivity contribution in [2.75, 3.05) is 19.5 Å². The lowest BCUT2D eigenvalue weighted by Gasteiger charge is -2.10. The first kappa shape index (κ1) is 28.4. The zero-order valence-electron chi connectivity index (χ0n) is 23.1. The van der Waals surface area contributed by atoms with Crippen LogP contribution in [0.5, 0.6) is 11.5 Å². The van der Waals surface area contributed by atoms with Crippen LogP contribution in [0.1, 0.15) is 21.5 Å². The van der Waals surface area contributed by atoms with E-state index in [0.29, 0.717) is 16.2 Å². The van der Waals surface area contributed by atoms with Gasteiger partial charge in [-0.25, -0.2) is 0 Å². The van der Waals surface area contributed by atoms with E-state index in [1.807, 2.05) is 109 Å². The number of benzene rings is 5. The summed E-state index contributed by atoms with van der Waals surface area (Å²) in [7, 11) is 3.28. The van der Waals surface area contributed by atoms with Crippen LogP contribution in [0.15, 0.2) is 115 Å². The highest BCUT2D eigenvalue weighted by atomic mass is 35.5. The van der Waals surface area contributed by atoms with Gasteiger partial charge < -0.3 is 14.8 Å². The molecule has 0 saturated heterocycles. The Hall–Kier alpha value is -5.13. The molecular formula is C36H28ClNO4. The van der Waals surface area contributed by atoms with E-state index < -0.39 is 0 Å². The van der Waals surface area contributed by atoms with E-state index >= 15 is 0 Å². The average Bonchev–Trinajstić information content (AvgIpc) is 3.35. The number of anilines is 1. The minimum absolute atomic E-state index is 0.126. The fourth-order valence-electron chi connectivity index (χ4n) is 4.77. The molecule has 0 saturated carbocycles. The largest absolute Gasteiger partial charge is 0.496 e. The lowest BCUT2D eigenvalue weighted by atomic mass is 9.99. The van der Waals surface area contributed by atoms with Gasteiger partial charge in [0.2, 0.25) is 0 Å². The van der Waals surface area contributed by atoms with Gasteiger partial charge in [-0.3, -0.25) is 9.59 Å². The normalized spacial score (nSPS) is 12.5. The Balaban J connectivity index is 0.000000189. The molecule has 1 aliphatic rings. The number of amides is 1. The highest BCUT2D eigenvalue weighted by molar-refractivity contribution is 6.36. The van der Waals surface area contributed by atoms with Crippen LogP contribution in [-0.2, 0) is 4.79 Å². The molecule has 0 fully saturated rings. The molecule has 6 rings (SSSR count). The Bertz CT molecular complexity index is 1760. The molecule has 0 radical (unpaired) electrons. The average molecular weight is 574 g/mol. The van der Waals surface area contributed by atoms with Crippen molar-refractivity contribution < 1.29 is 19.1 Å². The van der Waals surface area contributed by atoms with Crippen molar-refractivity contribution in [1.29, 1.82) is 0 Å². The van der Waals surface area contributed by atoms with Crippen LogP contribution in [0.3, 0.4) is 0 Å². The number of hydrogen-bond acceptors (Lipinski definition) is 4. The van der Waals surface area contributed by atoms with Gasteiger partial charge in [-0.15, -0.1) is 0 Å². The molecule has 1 heterocycles. The van der Waals surface area contributed by atoms with Gasteiger partial charge in [0.1, 0.15) is 17.8 Å². The first-order chi connectivity index (χ1) is 20.5. The van der Waals surface area contributed by atoms with Crippen LogP contribution < -0.4 is 14.8 Å². The van der Waals surface area contributed by atoms with Crippen molar-refractivity contribution in [3.05, 3.63) is 137 Å². The number of ether oxygens (including phenoxy) is 2. The van der Waals surface area contributed by atoms with Gasteiger partial charge in [0, 0.05) is 38.5 Å². The first-order valence-electron chi connectivity index (χ1n) is 13.3. The zero-order valence-corrected chi connectivity index (χ0v) is 23.9. The molecule has 5 aromatic rings. The quantitative estimate of drug-likeness (QED) is 0.163. The van der Waals surface area contributed by atoms with Crippen LogP contribution in [0.4, 0.5) is 5.69 Å². The van der Waals surface area contributed by atoms with Crippen molar-refractivity contribution in [3.63, 3.8) is 0 Å². The van der Waals surface area contributed by atoms with Gasteiger partial charge in [0.15, 0.2) is 0 Å². The summed E-state index contributed by atoms with van der Waals surface area (Å²) in [4.78, 5) is 23.1. The molecule has 1 N–H and O–H groups in total. The summed E-state index contributed by atoms with van der Waals surface area (Å²) in [6, 6.07) is 36.6. The second kappa shape index (κ2) is 13.0. The fraction of sp³-hybridized carbons (Fsp3) is 0.0556. The van der Waals surface area contributed by atoms with Crippen molar-refractivity contribution in [1.82, 2.24) is 0 Å². The third-order valence-corrected chi connectivity index (χ3v) is 7.06. The van der Waals surface area contributed by atoms with Crippen LogP contribution >= 0.6 is 11.6 Å². The van der Waals surface area contributed by atoms with Gasteiger partial charge in [-0.1, -0.05) is 78.3 Å². The maximum atomic E-state index is 12.4. The molecule has 1 amide bonds. The molecule has 0 spiro atoms. The number of nitrogens with one attached hydrogen (secondary N) is 1. The van der Waals surface area contributed by atoms with Crippen LogP contribution in [0.25, 0.3) is 33.9 Å². The number of aldehydes is 1. The van der Waals surface area contributed by atoms with Crippen LogP contribution in [0, 0.1) is 0 Å². The minimum Gasteiger partial charge on any atom is -0.496 e. The molecule has 42 heavy (non-hydrogen) atoms. The van der Waals surface area contributed by atoms with Crippen molar-refractivity contribution in [2.45, 2.75) is 0 Å². The second-order valence-electron chi connectivity index (χ2n) is 9.47. The van der Waals surface area contributed by atoms with Gasteiger partial charge in [0.25, 0.3) is 5.91 Å². The second-order valence-corrected chi connectivity index (χ2v) is 9.91. The number of carbonyl (C=O) groups excluding carboxylic acids is 2. The van der Waals surface area contributed by atoms with Crippen molar-refractivity contribution in [3.8, 4) is 33.8 Å². The van der Waals surface area contributed by atoms with Crippen molar-refractivity contribution >= 4 is 41.1 Å². The third-order valence-electron chi connectivity index (χ3n) is 6.83. The molecule has 0 atom stereocenters. The highest BCUT2D eigenvalue weighted by Gasteiger charge is 2.24. The summed E-state index contributed by atoms with van der Waals surface area (Å²) in [6.45, 7) is 0. The number of carbonyl (C=O) groups is 2. The predicted molar refractivity (Wildman–Crippen MR) is 170 cm³/mol. The van der Waals surface area contributed by atoms with Gasteiger partial charge >= 0.3 is 0 Å². The topological polar surface area (TPSA) is 64.6 Å². The smallest absolute Gasteiger partial charge is 0.256 e. The Morgan fingerprint density at radius 2 is 1.19 bits per heavy atom. The Morgan fingerprint density at radius 3 is 1.74 bits per heavy atom. The van der Waals surface area contributed by atoms with E-state index in [1.165, 1.54) is 0 Å². The summed E-state index contributed by atoms with van der Waals surface area (Å²) in [6.07, 6.45) is 2.72. The van der Waals surface area contributed by atoms with Crippen LogP contribution in [0.2, 0.25) is 5.02 Å². The molecule has 0 bridgehead atoms. The SMILES string of the molecule is COc1ccc(C=C2C(=O)Nc3ccc(Cl)cc32)cc1-c1ccccc1.COc1ccc(C=O)cc1-c1ccccc1. The van der Waals surface area contributed by atoms with Gasteiger partial charge in [-0.05, 0) is 71.3 Å². The standard InChI is InChI=1S/C22H16ClNO2.C14H12O2/c1-26-21-10-7-14(11-17(21)15-5-3-2-4-6-15)12-19-18-13-16(23)8-9-20(18)24-22(19)25;1-16-14-8-7-11(10-15)9-13(14)12-5-3-2-4-6-12/h2-13H,1H3,(H,24,25);2-10H,1H3. The summed E-state index contributed by atoms with van der Waals surface area (Å²) in [5, 5.41) is 3.48. The Morgan fingerprint density at radius 1 is 0.643 bits per heavy atom. The molecule has 0 unspecified atom stereocenters. The number of fused-ring (bicyclic) bond motifs is 1. The van der Waals surface area contributed by atoms with E-state index in [4.69, 9.17) is 21.1 Å². The molecule has 6 heteroatoms. The highest BCUT2D eigenvalue weighted by Crippen LogP contribution is 2.37. The molecule has 0 aliphatic carbocycles. The summed E-state index contributed by atoms with van der Waals surface area (Å²) < 4.78 is 10.8. The molecule has 5 nitrogen and oxygen atoms in total. The lowest BCUT2D eigenvalue weighted by molar-refractivity contribution is -0.110. The van der Waals surface area contributed by atoms with E-state index in [1.54, 1.807) is 26.4 Å². The predicted octanol–water partition coefficient (Wildman–Crippen LogP) is 8.68. The summed E-state index contributed by atoms with van der Waals surface area (Å²) in [5.74, 6) is 1.44. The Labute approximate surface area is 250 Å². The zero-order chi connectivity index (χ0) is 29.5. The number of rotatable bonds is 6. The van der Waals surface area contributed by atoms with Crippen molar-refractivity contribution in [2.24, 2.45) is 0 Å².